The lowest BCUT2D eigenvalue weighted by Crippen LogP contribution is -2.00. The molecule has 0 saturated carbocycles. The van der Waals surface area contributed by atoms with Crippen LogP contribution in [-0.4, -0.2) is 19.5 Å². The Hall–Kier alpha value is -7.37. The fraction of sp³-hybridized carbons (Fsp3) is 0.0392. The standard InChI is InChI=1S/C51H34N4O/c1-4-13-33(14-5-1)35-23-25-38(26-24-35)50-52-49(37-17-8-3-9-18-37)53-51(54-50)44-21-12-20-42-43-32-31-41-40-19-10-11-22-45(40)55(46(41)48(43)56-47(42)44)39-29-27-36(28-30-39)34-15-6-2-7-16-34/h2-4,6-32H,1,5H2. The number of aromatic nitrogens is 4. The molecule has 3 aromatic heterocycles. The van der Waals surface area contributed by atoms with Gasteiger partial charge >= 0.3 is 0 Å². The lowest BCUT2D eigenvalue weighted by atomic mass is 9.98. The van der Waals surface area contributed by atoms with Gasteiger partial charge in [-0.1, -0.05) is 152 Å². The summed E-state index contributed by atoms with van der Waals surface area (Å²) in [4.78, 5) is 15.3. The third-order valence-electron chi connectivity index (χ3n) is 10.9. The topological polar surface area (TPSA) is 56.7 Å². The van der Waals surface area contributed by atoms with Gasteiger partial charge in [0.15, 0.2) is 23.1 Å². The second-order valence-corrected chi connectivity index (χ2v) is 14.3. The van der Waals surface area contributed by atoms with Crippen molar-refractivity contribution in [1.29, 1.82) is 0 Å². The first-order valence-corrected chi connectivity index (χ1v) is 19.1. The number of nitrogens with zero attached hydrogens (tertiary/aromatic N) is 4. The molecule has 0 radical (unpaired) electrons. The fourth-order valence-corrected chi connectivity index (χ4v) is 8.16. The Bertz CT molecular complexity index is 3150. The lowest BCUT2D eigenvalue weighted by Gasteiger charge is -2.10. The second kappa shape index (κ2) is 13.2. The molecule has 264 valence electrons. The Balaban J connectivity index is 1.10. The SMILES string of the molecule is C1=CC(c2ccc(-c3nc(-c4ccccc4)nc(-c4cccc5c4oc4c5ccc5c6ccccc6n(-c6ccc(-c7ccccc7)cc6)c54)n3)cc2)=CCC1. The van der Waals surface area contributed by atoms with Crippen LogP contribution in [0.4, 0.5) is 0 Å². The van der Waals surface area contributed by atoms with Gasteiger partial charge < -0.3 is 8.98 Å². The van der Waals surface area contributed by atoms with Crippen LogP contribution < -0.4 is 0 Å². The van der Waals surface area contributed by atoms with Gasteiger partial charge in [0.1, 0.15) is 5.58 Å². The maximum absolute atomic E-state index is 7.08. The zero-order valence-electron chi connectivity index (χ0n) is 30.4. The highest BCUT2D eigenvalue weighted by Gasteiger charge is 2.22. The highest BCUT2D eigenvalue weighted by Crippen LogP contribution is 2.42. The largest absolute Gasteiger partial charge is 0.453 e. The number of hydrogen-bond donors (Lipinski definition) is 0. The van der Waals surface area contributed by atoms with Crippen LogP contribution in [0.15, 0.2) is 186 Å². The van der Waals surface area contributed by atoms with Crippen molar-refractivity contribution in [1.82, 2.24) is 19.5 Å². The summed E-state index contributed by atoms with van der Waals surface area (Å²) in [5, 5.41) is 4.36. The summed E-state index contributed by atoms with van der Waals surface area (Å²) < 4.78 is 9.41. The molecule has 10 aromatic rings. The maximum atomic E-state index is 7.08. The zero-order valence-corrected chi connectivity index (χ0v) is 30.4. The molecule has 1 aliphatic carbocycles. The molecule has 7 aromatic carbocycles. The van der Waals surface area contributed by atoms with Gasteiger partial charge in [-0.05, 0) is 65.4 Å². The molecule has 0 spiro atoms. The molecule has 5 heteroatoms. The van der Waals surface area contributed by atoms with Gasteiger partial charge in [-0.2, -0.15) is 0 Å². The van der Waals surface area contributed by atoms with Gasteiger partial charge in [0.25, 0.3) is 0 Å². The van der Waals surface area contributed by atoms with Gasteiger partial charge in [-0.15, -0.1) is 0 Å². The smallest absolute Gasteiger partial charge is 0.167 e. The van der Waals surface area contributed by atoms with Crippen LogP contribution in [0, 0.1) is 0 Å². The minimum Gasteiger partial charge on any atom is -0.453 e. The van der Waals surface area contributed by atoms with Crippen LogP contribution in [0.3, 0.4) is 0 Å². The summed E-state index contributed by atoms with van der Waals surface area (Å²) >= 11 is 0. The molecule has 1 aliphatic rings. The average Bonchev–Trinajstić information content (AvgIpc) is 3.84. The predicted molar refractivity (Wildman–Crippen MR) is 230 cm³/mol. The van der Waals surface area contributed by atoms with E-state index < -0.39 is 0 Å². The van der Waals surface area contributed by atoms with Crippen LogP contribution in [0.1, 0.15) is 18.4 Å². The van der Waals surface area contributed by atoms with E-state index in [1.807, 2.05) is 36.4 Å². The maximum Gasteiger partial charge on any atom is 0.167 e. The van der Waals surface area contributed by atoms with E-state index in [0.717, 1.165) is 73.6 Å². The Morgan fingerprint density at radius 2 is 1.02 bits per heavy atom. The zero-order chi connectivity index (χ0) is 37.0. The molecule has 0 amide bonds. The Morgan fingerprint density at radius 1 is 0.429 bits per heavy atom. The first-order chi connectivity index (χ1) is 27.8. The highest BCUT2D eigenvalue weighted by atomic mass is 16.3. The van der Waals surface area contributed by atoms with Crippen molar-refractivity contribution >= 4 is 49.3 Å². The number of furan rings is 1. The Labute approximate surface area is 323 Å². The van der Waals surface area contributed by atoms with Crippen LogP contribution in [0.2, 0.25) is 0 Å². The molecular formula is C51H34N4O. The quantitative estimate of drug-likeness (QED) is 0.172. The normalized spacial score (nSPS) is 12.9. The molecule has 0 aliphatic heterocycles. The summed E-state index contributed by atoms with van der Waals surface area (Å²) in [7, 11) is 0. The molecule has 0 atom stereocenters. The minimum absolute atomic E-state index is 0.564. The van der Waals surface area contributed by atoms with Crippen molar-refractivity contribution in [2.45, 2.75) is 12.8 Å². The van der Waals surface area contributed by atoms with E-state index in [9.17, 15) is 0 Å². The lowest BCUT2D eigenvalue weighted by molar-refractivity contribution is 0.671. The van der Waals surface area contributed by atoms with E-state index in [4.69, 9.17) is 19.4 Å². The summed E-state index contributed by atoms with van der Waals surface area (Å²) in [6, 6.07) is 57.2. The Morgan fingerprint density at radius 3 is 1.77 bits per heavy atom. The van der Waals surface area contributed by atoms with Crippen LogP contribution >= 0.6 is 0 Å². The van der Waals surface area contributed by atoms with Crippen molar-refractivity contribution in [3.05, 3.63) is 188 Å². The van der Waals surface area contributed by atoms with Crippen LogP contribution in [0.5, 0.6) is 0 Å². The first-order valence-electron chi connectivity index (χ1n) is 19.1. The highest BCUT2D eigenvalue weighted by molar-refractivity contribution is 6.22. The molecule has 0 unspecified atom stereocenters. The molecule has 5 nitrogen and oxygen atoms in total. The van der Waals surface area contributed by atoms with Crippen molar-refractivity contribution in [2.24, 2.45) is 0 Å². The number of fused-ring (bicyclic) bond motifs is 7. The molecular weight excluding hydrogens is 685 g/mol. The van der Waals surface area contributed by atoms with Crippen molar-refractivity contribution in [3.63, 3.8) is 0 Å². The van der Waals surface area contributed by atoms with Gasteiger partial charge in [0, 0.05) is 38.4 Å². The molecule has 11 rings (SSSR count). The van der Waals surface area contributed by atoms with E-state index in [-0.39, 0.29) is 0 Å². The third kappa shape index (κ3) is 5.36. The van der Waals surface area contributed by atoms with E-state index in [1.54, 1.807) is 0 Å². The average molecular weight is 719 g/mol. The van der Waals surface area contributed by atoms with Crippen molar-refractivity contribution in [2.75, 3.05) is 0 Å². The molecule has 0 bridgehead atoms. The van der Waals surface area contributed by atoms with Crippen LogP contribution in [-0.2, 0) is 0 Å². The number of benzene rings is 7. The molecule has 0 fully saturated rings. The number of rotatable bonds is 6. The summed E-state index contributed by atoms with van der Waals surface area (Å²) in [6.45, 7) is 0. The molecule has 0 N–H and O–H groups in total. The monoisotopic (exact) mass is 718 g/mol. The minimum atomic E-state index is 0.564. The van der Waals surface area contributed by atoms with Crippen molar-refractivity contribution < 1.29 is 4.42 Å². The third-order valence-corrected chi connectivity index (χ3v) is 10.9. The number of para-hydroxylation sites is 2. The van der Waals surface area contributed by atoms with E-state index in [2.05, 4.69) is 150 Å². The van der Waals surface area contributed by atoms with E-state index >= 15 is 0 Å². The molecule has 3 heterocycles. The fourth-order valence-electron chi connectivity index (χ4n) is 8.16. The van der Waals surface area contributed by atoms with Gasteiger partial charge in [0.2, 0.25) is 0 Å². The Kier molecular flexibility index (Phi) is 7.56. The van der Waals surface area contributed by atoms with Crippen molar-refractivity contribution in [3.8, 4) is 51.0 Å². The van der Waals surface area contributed by atoms with Crippen LogP contribution in [0.25, 0.3) is 100 Å². The molecule has 0 saturated heterocycles. The van der Waals surface area contributed by atoms with E-state index in [0.29, 0.717) is 17.5 Å². The predicted octanol–water partition coefficient (Wildman–Crippen LogP) is 13.3. The second-order valence-electron chi connectivity index (χ2n) is 14.3. The number of hydrogen-bond acceptors (Lipinski definition) is 4. The summed E-state index contributed by atoms with van der Waals surface area (Å²) in [5.74, 6) is 1.79. The summed E-state index contributed by atoms with van der Waals surface area (Å²) in [6.07, 6.45) is 8.89. The van der Waals surface area contributed by atoms with Gasteiger partial charge in [-0.3, -0.25) is 0 Å². The van der Waals surface area contributed by atoms with Gasteiger partial charge in [0.05, 0.1) is 16.6 Å². The first kappa shape index (κ1) is 32.1. The number of allylic oxidation sites excluding steroid dienone is 4. The molecule has 56 heavy (non-hydrogen) atoms. The summed E-state index contributed by atoms with van der Waals surface area (Å²) in [5.41, 5.74) is 12.3. The van der Waals surface area contributed by atoms with Gasteiger partial charge in [-0.25, -0.2) is 15.0 Å². The van der Waals surface area contributed by atoms with E-state index in [1.165, 1.54) is 27.6 Å².